The molecule has 0 amide bonds. The van der Waals surface area contributed by atoms with Crippen molar-refractivity contribution in [3.63, 3.8) is 0 Å². The molecule has 0 atom stereocenters. The van der Waals surface area contributed by atoms with Gasteiger partial charge in [0.15, 0.2) is 0 Å². The number of hydrogen-bond acceptors (Lipinski definition) is 0. The summed E-state index contributed by atoms with van der Waals surface area (Å²) < 4.78 is 4.83. The second kappa shape index (κ2) is 13.7. The third-order valence-electron chi connectivity index (χ3n) is 13.1. The molecule has 2 heteroatoms. The highest BCUT2D eigenvalue weighted by molar-refractivity contribution is 6.25. The molecular weight excluding hydrogens is 749 g/mol. The number of aromatic nitrogens is 2. The summed E-state index contributed by atoms with van der Waals surface area (Å²) in [5.41, 5.74) is 14.4. The van der Waals surface area contributed by atoms with Crippen LogP contribution in [0, 0.1) is 0 Å². The molecule has 0 saturated heterocycles. The van der Waals surface area contributed by atoms with Crippen LogP contribution >= 0.6 is 0 Å². The van der Waals surface area contributed by atoms with E-state index < -0.39 is 0 Å². The van der Waals surface area contributed by atoms with Crippen molar-refractivity contribution >= 4 is 75.9 Å². The lowest BCUT2D eigenvalue weighted by atomic mass is 9.94. The molecule has 0 radical (unpaired) electrons. The molecule has 13 aromatic rings. The van der Waals surface area contributed by atoms with Crippen LogP contribution in [0.25, 0.3) is 121 Å². The predicted molar refractivity (Wildman–Crippen MR) is 264 cm³/mol. The van der Waals surface area contributed by atoms with Gasteiger partial charge in [0.05, 0.1) is 22.1 Å². The summed E-state index contributed by atoms with van der Waals surface area (Å²) in [5.74, 6) is 0. The monoisotopic (exact) mass is 786 g/mol. The molecule has 11 aromatic carbocycles. The molecule has 2 nitrogen and oxygen atoms in total. The molecule has 0 fully saturated rings. The number of nitrogens with zero attached hydrogens (tertiary/aromatic N) is 2. The molecule has 0 unspecified atom stereocenters. The van der Waals surface area contributed by atoms with Crippen LogP contribution in [0.15, 0.2) is 231 Å². The summed E-state index contributed by atoms with van der Waals surface area (Å²) >= 11 is 0. The van der Waals surface area contributed by atoms with Gasteiger partial charge in [0.1, 0.15) is 0 Å². The lowest BCUT2D eigenvalue weighted by Crippen LogP contribution is -1.94. The van der Waals surface area contributed by atoms with Gasteiger partial charge in [-0.15, -0.1) is 0 Å². The number of para-hydroxylation sites is 2. The standard InChI is InChI=1S/C60H38N2/c1-3-13-39(14-4-1)42-27-33-59-55(36-42)56-37-44(29-34-60(56)62(59)46-30-31-51-49-19-8-7-17-47(49)48-18-9-10-20-50(48)53(51)38-46)41-25-23-40(24-26-41)43-28-32-58-54(35-43)52-21-11-12-22-57(52)61(58)45-15-5-2-6-16-45/h1-38H. The van der Waals surface area contributed by atoms with E-state index in [0.717, 1.165) is 5.69 Å². The predicted octanol–water partition coefficient (Wildman–Crippen LogP) is 16.3. The van der Waals surface area contributed by atoms with Crippen molar-refractivity contribution in [2.24, 2.45) is 0 Å². The number of fused-ring (bicyclic) bond motifs is 12. The Morgan fingerprint density at radius 1 is 0.177 bits per heavy atom. The topological polar surface area (TPSA) is 9.86 Å². The van der Waals surface area contributed by atoms with Crippen LogP contribution in [0.1, 0.15) is 0 Å². The maximum absolute atomic E-state index is 2.46. The molecule has 0 aliphatic heterocycles. The van der Waals surface area contributed by atoms with E-state index in [9.17, 15) is 0 Å². The average molecular weight is 787 g/mol. The fourth-order valence-corrected chi connectivity index (χ4v) is 10.2. The zero-order chi connectivity index (χ0) is 40.7. The highest BCUT2D eigenvalue weighted by Crippen LogP contribution is 2.41. The van der Waals surface area contributed by atoms with Gasteiger partial charge in [-0.3, -0.25) is 0 Å². The largest absolute Gasteiger partial charge is 0.309 e. The molecule has 0 aliphatic rings. The molecule has 0 bridgehead atoms. The third kappa shape index (κ3) is 5.30. The van der Waals surface area contributed by atoms with Crippen molar-refractivity contribution in [3.8, 4) is 44.8 Å². The van der Waals surface area contributed by atoms with Crippen molar-refractivity contribution in [1.29, 1.82) is 0 Å². The zero-order valence-corrected chi connectivity index (χ0v) is 33.8. The Bertz CT molecular complexity index is 3850. The lowest BCUT2D eigenvalue weighted by Gasteiger charge is -2.14. The van der Waals surface area contributed by atoms with E-state index in [1.165, 1.54) is 115 Å². The Morgan fingerprint density at radius 2 is 0.532 bits per heavy atom. The van der Waals surface area contributed by atoms with Gasteiger partial charge in [-0.25, -0.2) is 0 Å². The smallest absolute Gasteiger partial charge is 0.0541 e. The Balaban J connectivity index is 0.949. The highest BCUT2D eigenvalue weighted by Gasteiger charge is 2.18. The van der Waals surface area contributed by atoms with E-state index >= 15 is 0 Å². The van der Waals surface area contributed by atoms with Gasteiger partial charge in [0.2, 0.25) is 0 Å². The fourth-order valence-electron chi connectivity index (χ4n) is 10.2. The van der Waals surface area contributed by atoms with E-state index in [0.29, 0.717) is 0 Å². The molecule has 288 valence electrons. The summed E-state index contributed by atoms with van der Waals surface area (Å²) in [5, 5.41) is 12.7. The molecule has 0 spiro atoms. The fraction of sp³-hybridized carbons (Fsp3) is 0. The van der Waals surface area contributed by atoms with Gasteiger partial charge in [0.25, 0.3) is 0 Å². The summed E-state index contributed by atoms with van der Waals surface area (Å²) in [6.07, 6.45) is 0. The molecule has 62 heavy (non-hydrogen) atoms. The van der Waals surface area contributed by atoms with Gasteiger partial charge in [-0.1, -0.05) is 164 Å². The first-order valence-electron chi connectivity index (χ1n) is 21.4. The molecule has 2 heterocycles. The van der Waals surface area contributed by atoms with Gasteiger partial charge in [-0.05, 0) is 132 Å². The molecule has 2 aromatic heterocycles. The van der Waals surface area contributed by atoms with Gasteiger partial charge < -0.3 is 9.13 Å². The van der Waals surface area contributed by atoms with Crippen LogP contribution in [0.4, 0.5) is 0 Å². The molecule has 0 N–H and O–H groups in total. The number of hydrogen-bond donors (Lipinski definition) is 0. The summed E-state index contributed by atoms with van der Waals surface area (Å²) in [6, 6.07) is 84.7. The number of rotatable bonds is 5. The van der Waals surface area contributed by atoms with Crippen LogP contribution in [-0.4, -0.2) is 9.13 Å². The van der Waals surface area contributed by atoms with E-state index in [1.807, 2.05) is 0 Å². The van der Waals surface area contributed by atoms with Crippen molar-refractivity contribution < 1.29 is 0 Å². The zero-order valence-electron chi connectivity index (χ0n) is 33.8. The maximum atomic E-state index is 2.46. The molecule has 0 saturated carbocycles. The molecular formula is C60H38N2. The van der Waals surface area contributed by atoms with Crippen LogP contribution < -0.4 is 0 Å². The second-order valence-electron chi connectivity index (χ2n) is 16.5. The van der Waals surface area contributed by atoms with Crippen molar-refractivity contribution in [2.45, 2.75) is 0 Å². The molecule has 13 rings (SSSR count). The molecule has 0 aliphatic carbocycles. The Hall–Kier alpha value is -8.20. The van der Waals surface area contributed by atoms with Gasteiger partial charge >= 0.3 is 0 Å². The Morgan fingerprint density at radius 3 is 1.06 bits per heavy atom. The lowest BCUT2D eigenvalue weighted by molar-refractivity contribution is 1.18. The highest BCUT2D eigenvalue weighted by atomic mass is 15.0. The first kappa shape index (κ1) is 34.6. The van der Waals surface area contributed by atoms with E-state index in [1.54, 1.807) is 0 Å². The minimum Gasteiger partial charge on any atom is -0.309 e. The minimum absolute atomic E-state index is 1.16. The van der Waals surface area contributed by atoms with E-state index in [-0.39, 0.29) is 0 Å². The quantitative estimate of drug-likeness (QED) is 0.154. The first-order chi connectivity index (χ1) is 30.7. The normalized spacial score (nSPS) is 11.9. The van der Waals surface area contributed by atoms with Crippen molar-refractivity contribution in [3.05, 3.63) is 231 Å². The average Bonchev–Trinajstić information content (AvgIpc) is 3.86. The number of benzene rings is 11. The van der Waals surface area contributed by atoms with Crippen LogP contribution in [0.5, 0.6) is 0 Å². The van der Waals surface area contributed by atoms with Crippen LogP contribution in [0.3, 0.4) is 0 Å². The summed E-state index contributed by atoms with van der Waals surface area (Å²) in [6.45, 7) is 0. The van der Waals surface area contributed by atoms with Gasteiger partial charge in [-0.2, -0.15) is 0 Å². The van der Waals surface area contributed by atoms with Crippen LogP contribution in [-0.2, 0) is 0 Å². The van der Waals surface area contributed by atoms with Gasteiger partial charge in [0, 0.05) is 32.9 Å². The first-order valence-corrected chi connectivity index (χ1v) is 21.4. The third-order valence-corrected chi connectivity index (χ3v) is 13.1. The SMILES string of the molecule is c1ccc(-c2ccc3c(c2)c2cc(-c4ccc(-c5ccc6c(c5)c5ccccc5n6-c5ccccc5)cc4)ccc2n3-c2ccc3c4ccccc4c4ccccc4c3c2)cc1. The van der Waals surface area contributed by atoms with Crippen molar-refractivity contribution in [2.75, 3.05) is 0 Å². The summed E-state index contributed by atoms with van der Waals surface area (Å²) in [7, 11) is 0. The second-order valence-corrected chi connectivity index (χ2v) is 16.5. The summed E-state index contributed by atoms with van der Waals surface area (Å²) in [4.78, 5) is 0. The Labute approximate surface area is 358 Å². The van der Waals surface area contributed by atoms with E-state index in [4.69, 9.17) is 0 Å². The van der Waals surface area contributed by atoms with Crippen LogP contribution in [0.2, 0.25) is 0 Å². The van der Waals surface area contributed by atoms with Crippen molar-refractivity contribution in [1.82, 2.24) is 9.13 Å². The Kier molecular flexibility index (Phi) is 7.64. The maximum Gasteiger partial charge on any atom is 0.0541 e. The van der Waals surface area contributed by atoms with E-state index in [2.05, 4.69) is 240 Å². The minimum atomic E-state index is 1.16.